The molecule has 5 nitrogen and oxygen atoms in total. The van der Waals surface area contributed by atoms with Crippen molar-refractivity contribution in [1.29, 1.82) is 0 Å². The molecule has 9 heteroatoms. The van der Waals surface area contributed by atoms with E-state index in [-0.39, 0.29) is 20.6 Å². The van der Waals surface area contributed by atoms with Crippen LogP contribution in [0.5, 0.6) is 0 Å². The van der Waals surface area contributed by atoms with Gasteiger partial charge in [-0.25, -0.2) is 8.42 Å². The van der Waals surface area contributed by atoms with Crippen molar-refractivity contribution in [3.05, 3.63) is 57.0 Å². The Balaban J connectivity index is 2.57. The summed E-state index contributed by atoms with van der Waals surface area (Å²) >= 11 is 15.1. The van der Waals surface area contributed by atoms with Gasteiger partial charge in [0, 0.05) is 14.5 Å². The molecule has 2 aromatic rings. The molecule has 1 amide bonds. The second-order valence-corrected chi connectivity index (χ2v) is 8.21. The Morgan fingerprint density at radius 2 is 1.61 bits per heavy atom. The summed E-state index contributed by atoms with van der Waals surface area (Å²) < 4.78 is 27.2. The molecule has 0 saturated carbocycles. The zero-order valence-electron chi connectivity index (χ0n) is 11.5. The minimum absolute atomic E-state index is 0.0121. The van der Waals surface area contributed by atoms with E-state index < -0.39 is 22.5 Å². The van der Waals surface area contributed by atoms with Crippen LogP contribution in [0.25, 0.3) is 0 Å². The number of anilines is 1. The topological polar surface area (TPSA) is 80.5 Å². The van der Waals surface area contributed by atoms with E-state index in [4.69, 9.17) is 28.9 Å². The predicted molar refractivity (Wildman–Crippen MR) is 94.3 cm³/mol. The van der Waals surface area contributed by atoms with Gasteiger partial charge >= 0.3 is 0 Å². The van der Waals surface area contributed by atoms with E-state index in [0.29, 0.717) is 0 Å². The molecule has 0 fully saturated rings. The van der Waals surface area contributed by atoms with E-state index in [2.05, 4.69) is 15.9 Å². The molecule has 0 radical (unpaired) electrons. The third kappa shape index (κ3) is 4.38. The molecule has 0 aliphatic rings. The van der Waals surface area contributed by atoms with Gasteiger partial charge in [-0.05, 0) is 42.5 Å². The lowest BCUT2D eigenvalue weighted by molar-refractivity contribution is -0.116. The van der Waals surface area contributed by atoms with E-state index in [1.165, 1.54) is 30.3 Å². The third-order valence-electron chi connectivity index (χ3n) is 2.84. The summed E-state index contributed by atoms with van der Waals surface area (Å²) in [7, 11) is -4.01. The van der Waals surface area contributed by atoms with Crippen molar-refractivity contribution in [2.45, 2.75) is 4.90 Å². The Morgan fingerprint density at radius 3 is 2.09 bits per heavy atom. The van der Waals surface area contributed by atoms with E-state index in [0.717, 1.165) is 8.78 Å². The molecule has 0 aromatic heterocycles. The smallest absolute Gasteiger partial charge is 0.264 e. The molecule has 0 unspecified atom stereocenters. The van der Waals surface area contributed by atoms with E-state index in [1.54, 1.807) is 12.1 Å². The SMILES string of the molecule is NC(=O)CN(c1cc(Cl)cc(Cl)c1)S(=O)(=O)c1ccc(Br)cc1. The summed E-state index contributed by atoms with van der Waals surface area (Å²) in [5, 5.41) is 0.487. The number of benzene rings is 2. The molecule has 0 heterocycles. The number of primary amides is 1. The van der Waals surface area contributed by atoms with Gasteiger partial charge in [-0.2, -0.15) is 0 Å². The lowest BCUT2D eigenvalue weighted by atomic mass is 10.3. The molecule has 0 atom stereocenters. The highest BCUT2D eigenvalue weighted by Gasteiger charge is 2.27. The summed E-state index contributed by atoms with van der Waals surface area (Å²) in [6, 6.07) is 10.3. The Kier molecular flexibility index (Phi) is 5.57. The number of nitrogens with zero attached hydrogens (tertiary/aromatic N) is 1. The molecule has 0 spiro atoms. The number of nitrogens with two attached hydrogens (primary N) is 1. The normalized spacial score (nSPS) is 11.3. The van der Waals surface area contributed by atoms with Gasteiger partial charge < -0.3 is 5.73 Å². The number of carbonyl (C=O) groups is 1. The molecule has 2 N–H and O–H groups in total. The summed E-state index contributed by atoms with van der Waals surface area (Å²) in [4.78, 5) is 11.3. The highest BCUT2D eigenvalue weighted by atomic mass is 79.9. The first-order valence-electron chi connectivity index (χ1n) is 6.23. The lowest BCUT2D eigenvalue weighted by Gasteiger charge is -2.23. The maximum absolute atomic E-state index is 12.8. The number of hydrogen-bond acceptors (Lipinski definition) is 3. The van der Waals surface area contributed by atoms with Gasteiger partial charge in [0.2, 0.25) is 5.91 Å². The average molecular weight is 438 g/mol. The first-order valence-corrected chi connectivity index (χ1v) is 9.22. The Morgan fingerprint density at radius 1 is 1.09 bits per heavy atom. The number of amides is 1. The minimum Gasteiger partial charge on any atom is -0.368 e. The van der Waals surface area contributed by atoms with Crippen LogP contribution in [0.4, 0.5) is 5.69 Å². The number of halogens is 3. The third-order valence-corrected chi connectivity index (χ3v) is 5.59. The van der Waals surface area contributed by atoms with Crippen molar-refractivity contribution in [3.63, 3.8) is 0 Å². The number of sulfonamides is 1. The quantitative estimate of drug-likeness (QED) is 0.777. The Hall–Kier alpha value is -1.28. The minimum atomic E-state index is -4.01. The molecular weight excluding hydrogens is 427 g/mol. The predicted octanol–water partition coefficient (Wildman–Crippen LogP) is 3.44. The van der Waals surface area contributed by atoms with Crippen LogP contribution in [0.3, 0.4) is 0 Å². The Bertz CT molecular complexity index is 821. The number of carbonyl (C=O) groups excluding carboxylic acids is 1. The van der Waals surface area contributed by atoms with Crippen LogP contribution in [-0.4, -0.2) is 20.9 Å². The maximum atomic E-state index is 12.8. The second-order valence-electron chi connectivity index (χ2n) is 4.56. The van der Waals surface area contributed by atoms with Crippen LogP contribution in [0.2, 0.25) is 10.0 Å². The van der Waals surface area contributed by atoms with E-state index >= 15 is 0 Å². The summed E-state index contributed by atoms with van der Waals surface area (Å²) in [6.45, 7) is -0.533. The first kappa shape index (κ1) is 18.1. The van der Waals surface area contributed by atoms with Crippen LogP contribution >= 0.6 is 39.1 Å². The fourth-order valence-corrected chi connectivity index (χ4v) is 4.07. The monoisotopic (exact) mass is 436 g/mol. The zero-order valence-corrected chi connectivity index (χ0v) is 15.5. The van der Waals surface area contributed by atoms with Gasteiger partial charge in [0.15, 0.2) is 0 Å². The van der Waals surface area contributed by atoms with Gasteiger partial charge in [0.25, 0.3) is 10.0 Å². The average Bonchev–Trinajstić information content (AvgIpc) is 2.43. The van der Waals surface area contributed by atoms with Crippen molar-refractivity contribution in [2.24, 2.45) is 5.73 Å². The molecule has 0 bridgehead atoms. The van der Waals surface area contributed by atoms with E-state index in [9.17, 15) is 13.2 Å². The standard InChI is InChI=1S/C14H11BrCl2N2O3S/c15-9-1-3-13(4-2-9)23(21,22)19(8-14(18)20)12-6-10(16)5-11(17)7-12/h1-7H,8H2,(H2,18,20). The van der Waals surface area contributed by atoms with Crippen molar-refractivity contribution in [3.8, 4) is 0 Å². The molecule has 2 rings (SSSR count). The van der Waals surface area contributed by atoms with Gasteiger partial charge in [-0.1, -0.05) is 39.1 Å². The van der Waals surface area contributed by atoms with Crippen LogP contribution in [0, 0.1) is 0 Å². The van der Waals surface area contributed by atoms with Crippen LogP contribution in [0.1, 0.15) is 0 Å². The first-order chi connectivity index (χ1) is 10.7. The van der Waals surface area contributed by atoms with Crippen molar-refractivity contribution >= 4 is 60.7 Å². The van der Waals surface area contributed by atoms with Crippen LogP contribution < -0.4 is 10.0 Å². The van der Waals surface area contributed by atoms with E-state index in [1.807, 2.05) is 0 Å². The number of hydrogen-bond donors (Lipinski definition) is 1. The van der Waals surface area contributed by atoms with Crippen molar-refractivity contribution < 1.29 is 13.2 Å². The molecule has 0 aliphatic carbocycles. The summed E-state index contributed by atoms with van der Waals surface area (Å²) in [5.74, 6) is -0.804. The lowest BCUT2D eigenvalue weighted by Crippen LogP contribution is -2.38. The fourth-order valence-electron chi connectivity index (χ4n) is 1.87. The van der Waals surface area contributed by atoms with Crippen LogP contribution in [-0.2, 0) is 14.8 Å². The maximum Gasteiger partial charge on any atom is 0.264 e. The van der Waals surface area contributed by atoms with Crippen molar-refractivity contribution in [1.82, 2.24) is 0 Å². The molecule has 23 heavy (non-hydrogen) atoms. The van der Waals surface area contributed by atoms with Gasteiger partial charge in [-0.3, -0.25) is 9.10 Å². The van der Waals surface area contributed by atoms with Crippen molar-refractivity contribution in [2.75, 3.05) is 10.8 Å². The Labute approximate surface area is 152 Å². The molecular formula is C14H11BrCl2N2O3S. The molecule has 2 aromatic carbocycles. The fraction of sp³-hybridized carbons (Fsp3) is 0.0714. The van der Waals surface area contributed by atoms with Crippen LogP contribution in [0.15, 0.2) is 51.8 Å². The summed E-state index contributed by atoms with van der Waals surface area (Å²) in [6.07, 6.45) is 0. The van der Waals surface area contributed by atoms with Gasteiger partial charge in [0.05, 0.1) is 10.6 Å². The highest BCUT2D eigenvalue weighted by molar-refractivity contribution is 9.10. The van der Waals surface area contributed by atoms with Gasteiger partial charge in [0.1, 0.15) is 6.54 Å². The molecule has 0 saturated heterocycles. The van der Waals surface area contributed by atoms with Gasteiger partial charge in [-0.15, -0.1) is 0 Å². The second kappa shape index (κ2) is 7.09. The largest absolute Gasteiger partial charge is 0.368 e. The highest BCUT2D eigenvalue weighted by Crippen LogP contribution is 2.29. The number of rotatable bonds is 5. The molecule has 0 aliphatic heterocycles. The zero-order chi connectivity index (χ0) is 17.2. The summed E-state index contributed by atoms with van der Waals surface area (Å²) in [5.41, 5.74) is 5.34. The molecule has 122 valence electrons.